The molecule has 2 heterocycles. The number of ether oxygens (including phenoxy) is 1. The standard InChI is InChI=1S/C19H16FN5OS/c1-13-4-2-3-5-17(13)19-22-24-25(23-19)10-15-12-27-18(21-15)11-26-16-8-6-14(20)7-9-16/h2-9,12H,10-11H2,1H3. The molecule has 4 rings (SSSR count). The van der Waals surface area contributed by atoms with Gasteiger partial charge in [-0.15, -0.1) is 21.5 Å². The zero-order valence-corrected chi connectivity index (χ0v) is 15.4. The number of tetrazole rings is 1. The van der Waals surface area contributed by atoms with Crippen molar-refractivity contribution in [3.63, 3.8) is 0 Å². The molecule has 0 unspecified atom stereocenters. The molecule has 27 heavy (non-hydrogen) atoms. The van der Waals surface area contributed by atoms with Crippen LogP contribution >= 0.6 is 11.3 Å². The van der Waals surface area contributed by atoms with Crippen molar-refractivity contribution in [3.8, 4) is 17.1 Å². The van der Waals surface area contributed by atoms with Crippen molar-refractivity contribution in [1.29, 1.82) is 0 Å². The van der Waals surface area contributed by atoms with E-state index in [4.69, 9.17) is 4.74 Å². The van der Waals surface area contributed by atoms with Gasteiger partial charge in [0.2, 0.25) is 5.82 Å². The molecule has 0 saturated carbocycles. The number of thiazole rings is 1. The van der Waals surface area contributed by atoms with Gasteiger partial charge in [0.15, 0.2) is 0 Å². The van der Waals surface area contributed by atoms with E-state index in [0.29, 0.717) is 24.7 Å². The molecule has 2 aromatic carbocycles. The fourth-order valence-corrected chi connectivity index (χ4v) is 3.25. The van der Waals surface area contributed by atoms with Gasteiger partial charge in [-0.05, 0) is 42.0 Å². The summed E-state index contributed by atoms with van der Waals surface area (Å²) in [7, 11) is 0. The molecule has 0 bridgehead atoms. The van der Waals surface area contributed by atoms with Crippen molar-refractivity contribution < 1.29 is 9.13 Å². The molecule has 0 aliphatic rings. The number of aromatic nitrogens is 5. The highest BCUT2D eigenvalue weighted by Gasteiger charge is 2.10. The molecular weight excluding hydrogens is 365 g/mol. The van der Waals surface area contributed by atoms with Crippen molar-refractivity contribution in [1.82, 2.24) is 25.2 Å². The van der Waals surface area contributed by atoms with Gasteiger partial charge < -0.3 is 4.74 Å². The van der Waals surface area contributed by atoms with Crippen molar-refractivity contribution in [2.45, 2.75) is 20.1 Å². The molecule has 0 radical (unpaired) electrons. The Morgan fingerprint density at radius 2 is 1.93 bits per heavy atom. The Bertz CT molecular complexity index is 1040. The van der Waals surface area contributed by atoms with Gasteiger partial charge in [0.25, 0.3) is 0 Å². The Balaban J connectivity index is 1.39. The van der Waals surface area contributed by atoms with Crippen LogP contribution in [-0.4, -0.2) is 25.2 Å². The summed E-state index contributed by atoms with van der Waals surface area (Å²) in [5.74, 6) is 0.918. The maximum atomic E-state index is 12.9. The molecule has 2 aromatic heterocycles. The molecular formula is C19H16FN5OS. The van der Waals surface area contributed by atoms with Crippen LogP contribution < -0.4 is 4.74 Å². The highest BCUT2D eigenvalue weighted by Crippen LogP contribution is 2.19. The normalized spacial score (nSPS) is 10.9. The van der Waals surface area contributed by atoms with Gasteiger partial charge in [-0.1, -0.05) is 24.3 Å². The molecule has 0 fully saturated rings. The summed E-state index contributed by atoms with van der Waals surface area (Å²) in [6.07, 6.45) is 0. The third kappa shape index (κ3) is 4.17. The van der Waals surface area contributed by atoms with E-state index >= 15 is 0 Å². The quantitative estimate of drug-likeness (QED) is 0.507. The smallest absolute Gasteiger partial charge is 0.205 e. The first-order valence-electron chi connectivity index (χ1n) is 8.33. The van der Waals surface area contributed by atoms with Gasteiger partial charge in [0, 0.05) is 10.9 Å². The molecule has 0 aliphatic heterocycles. The summed E-state index contributed by atoms with van der Waals surface area (Å²) in [5, 5.41) is 15.5. The van der Waals surface area contributed by atoms with Crippen LogP contribution in [0.1, 0.15) is 16.3 Å². The summed E-state index contributed by atoms with van der Waals surface area (Å²) in [4.78, 5) is 6.06. The molecule has 8 heteroatoms. The second-order valence-electron chi connectivity index (χ2n) is 5.93. The van der Waals surface area contributed by atoms with Crippen molar-refractivity contribution in [2.24, 2.45) is 0 Å². The fourth-order valence-electron chi connectivity index (χ4n) is 2.55. The number of hydrogen-bond donors (Lipinski definition) is 0. The third-order valence-electron chi connectivity index (χ3n) is 3.92. The van der Waals surface area contributed by atoms with E-state index < -0.39 is 0 Å². The second kappa shape index (κ2) is 7.63. The molecule has 6 nitrogen and oxygen atoms in total. The number of hydrogen-bond acceptors (Lipinski definition) is 6. The summed E-state index contributed by atoms with van der Waals surface area (Å²) >= 11 is 1.50. The topological polar surface area (TPSA) is 65.7 Å². The van der Waals surface area contributed by atoms with E-state index in [0.717, 1.165) is 21.8 Å². The van der Waals surface area contributed by atoms with Crippen LogP contribution in [0.2, 0.25) is 0 Å². The van der Waals surface area contributed by atoms with E-state index in [2.05, 4.69) is 20.4 Å². The SMILES string of the molecule is Cc1ccccc1-c1nnn(Cc2csc(COc3ccc(F)cc3)n2)n1. The molecule has 0 spiro atoms. The van der Waals surface area contributed by atoms with Crippen LogP contribution in [0.4, 0.5) is 4.39 Å². The number of halogens is 1. The minimum absolute atomic E-state index is 0.288. The Labute approximate surface area is 159 Å². The zero-order valence-electron chi connectivity index (χ0n) is 14.5. The van der Waals surface area contributed by atoms with E-state index in [-0.39, 0.29) is 5.82 Å². The van der Waals surface area contributed by atoms with E-state index in [9.17, 15) is 4.39 Å². The minimum Gasteiger partial charge on any atom is -0.486 e. The average molecular weight is 381 g/mol. The van der Waals surface area contributed by atoms with Gasteiger partial charge in [-0.2, -0.15) is 4.80 Å². The number of benzene rings is 2. The fraction of sp³-hybridized carbons (Fsp3) is 0.158. The van der Waals surface area contributed by atoms with E-state index in [1.807, 2.05) is 36.6 Å². The highest BCUT2D eigenvalue weighted by molar-refractivity contribution is 7.09. The first kappa shape index (κ1) is 17.3. The third-order valence-corrected chi connectivity index (χ3v) is 4.79. The largest absolute Gasteiger partial charge is 0.486 e. The van der Waals surface area contributed by atoms with Gasteiger partial charge in [-0.3, -0.25) is 0 Å². The molecule has 136 valence electrons. The monoisotopic (exact) mass is 381 g/mol. The number of nitrogens with zero attached hydrogens (tertiary/aromatic N) is 5. The van der Waals surface area contributed by atoms with Crippen molar-refractivity contribution >= 4 is 11.3 Å². The van der Waals surface area contributed by atoms with Gasteiger partial charge in [-0.25, -0.2) is 9.37 Å². The predicted molar refractivity (Wildman–Crippen MR) is 99.9 cm³/mol. The van der Waals surface area contributed by atoms with Crippen molar-refractivity contribution in [2.75, 3.05) is 0 Å². The summed E-state index contributed by atoms with van der Waals surface area (Å²) < 4.78 is 18.5. The van der Waals surface area contributed by atoms with E-state index in [1.165, 1.54) is 28.3 Å². The van der Waals surface area contributed by atoms with Crippen LogP contribution in [0.3, 0.4) is 0 Å². The lowest BCUT2D eigenvalue weighted by Gasteiger charge is -2.03. The van der Waals surface area contributed by atoms with Crippen LogP contribution in [0.5, 0.6) is 5.75 Å². The summed E-state index contributed by atoms with van der Waals surface area (Å²) in [6, 6.07) is 13.8. The lowest BCUT2D eigenvalue weighted by molar-refractivity contribution is 0.304. The molecule has 4 aromatic rings. The van der Waals surface area contributed by atoms with Crippen LogP contribution in [0.15, 0.2) is 53.9 Å². The van der Waals surface area contributed by atoms with Gasteiger partial charge in [0.1, 0.15) is 29.7 Å². The summed E-state index contributed by atoms with van der Waals surface area (Å²) in [5.41, 5.74) is 2.91. The maximum absolute atomic E-state index is 12.9. The molecule has 0 saturated heterocycles. The molecule has 0 amide bonds. The minimum atomic E-state index is -0.288. The second-order valence-corrected chi connectivity index (χ2v) is 6.88. The maximum Gasteiger partial charge on any atom is 0.205 e. The Morgan fingerprint density at radius 3 is 2.74 bits per heavy atom. The van der Waals surface area contributed by atoms with Crippen LogP contribution in [0.25, 0.3) is 11.4 Å². The van der Waals surface area contributed by atoms with Crippen LogP contribution in [-0.2, 0) is 13.2 Å². The van der Waals surface area contributed by atoms with E-state index in [1.54, 1.807) is 12.1 Å². The number of aryl methyl sites for hydroxylation is 1. The number of rotatable bonds is 6. The predicted octanol–water partition coefficient (Wildman–Crippen LogP) is 3.87. The zero-order chi connectivity index (χ0) is 18.6. The average Bonchev–Trinajstić information content (AvgIpc) is 3.32. The Kier molecular flexibility index (Phi) is 4.88. The highest BCUT2D eigenvalue weighted by atomic mass is 32.1. The summed E-state index contributed by atoms with van der Waals surface area (Å²) in [6.45, 7) is 2.78. The van der Waals surface area contributed by atoms with Crippen molar-refractivity contribution in [3.05, 3.63) is 76.0 Å². The van der Waals surface area contributed by atoms with Gasteiger partial charge >= 0.3 is 0 Å². The first-order chi connectivity index (χ1) is 13.2. The Morgan fingerprint density at radius 1 is 1.11 bits per heavy atom. The first-order valence-corrected chi connectivity index (χ1v) is 9.21. The Hall–Kier alpha value is -3.13. The molecule has 0 N–H and O–H groups in total. The lowest BCUT2D eigenvalue weighted by Crippen LogP contribution is -2.05. The molecule has 0 atom stereocenters. The lowest BCUT2D eigenvalue weighted by atomic mass is 10.1. The van der Waals surface area contributed by atoms with Gasteiger partial charge in [0.05, 0.1) is 5.69 Å². The van der Waals surface area contributed by atoms with Crippen LogP contribution in [0, 0.1) is 12.7 Å². The molecule has 0 aliphatic carbocycles.